The number of carbonyl (C=O) groups is 2. The fourth-order valence-corrected chi connectivity index (χ4v) is 4.77. The average Bonchev–Trinajstić information content (AvgIpc) is 3.53. The van der Waals surface area contributed by atoms with Gasteiger partial charge in [-0.2, -0.15) is 19.0 Å². The molecular formula is C27H28ClF2N7O4. The van der Waals surface area contributed by atoms with Crippen molar-refractivity contribution in [1.82, 2.24) is 29.3 Å². The van der Waals surface area contributed by atoms with Crippen LogP contribution in [-0.2, 0) is 4.74 Å². The van der Waals surface area contributed by atoms with Crippen molar-refractivity contribution in [3.8, 4) is 17.0 Å². The van der Waals surface area contributed by atoms with Crippen molar-refractivity contribution in [1.29, 1.82) is 0 Å². The molecule has 0 bridgehead atoms. The van der Waals surface area contributed by atoms with E-state index in [0.717, 1.165) is 0 Å². The minimum absolute atomic E-state index is 0.157. The molecule has 1 atom stereocenters. The van der Waals surface area contributed by atoms with E-state index in [9.17, 15) is 18.4 Å². The highest BCUT2D eigenvalue weighted by atomic mass is 35.5. The third-order valence-electron chi connectivity index (χ3n) is 6.34. The van der Waals surface area contributed by atoms with Crippen LogP contribution in [0.1, 0.15) is 50.0 Å². The topological polar surface area (TPSA) is 116 Å². The Labute approximate surface area is 239 Å². The average molecular weight is 588 g/mol. The number of nitrogens with one attached hydrogen (secondary N) is 1. The summed E-state index contributed by atoms with van der Waals surface area (Å²) in [4.78, 5) is 32.0. The van der Waals surface area contributed by atoms with Gasteiger partial charge in [0.05, 0.1) is 17.9 Å². The predicted molar refractivity (Wildman–Crippen MR) is 146 cm³/mol. The third-order valence-corrected chi connectivity index (χ3v) is 6.57. The summed E-state index contributed by atoms with van der Waals surface area (Å²) >= 11 is 6.23. The van der Waals surface area contributed by atoms with Gasteiger partial charge in [0.25, 0.3) is 5.91 Å². The van der Waals surface area contributed by atoms with Gasteiger partial charge in [-0.3, -0.25) is 9.48 Å². The number of anilines is 1. The first-order valence-corrected chi connectivity index (χ1v) is 13.3. The molecule has 41 heavy (non-hydrogen) atoms. The first-order valence-electron chi connectivity index (χ1n) is 12.9. The summed E-state index contributed by atoms with van der Waals surface area (Å²) in [6, 6.07) is 5.57. The summed E-state index contributed by atoms with van der Waals surface area (Å²) in [6.45, 7) is 3.11. The number of hydrogen-bond acceptors (Lipinski definition) is 7. The number of alkyl halides is 2. The Hall–Kier alpha value is -4.26. The lowest BCUT2D eigenvalue weighted by molar-refractivity contribution is -0.0494. The number of carbonyl (C=O) groups excluding carboxylic acids is 2. The van der Waals surface area contributed by atoms with Crippen molar-refractivity contribution in [2.24, 2.45) is 0 Å². The van der Waals surface area contributed by atoms with Crippen molar-refractivity contribution < 1.29 is 27.8 Å². The lowest BCUT2D eigenvalue weighted by atomic mass is 10.1. The molecule has 5 rings (SSSR count). The fourth-order valence-electron chi connectivity index (χ4n) is 4.60. The highest BCUT2D eigenvalue weighted by molar-refractivity contribution is 6.31. The second-order valence-electron chi connectivity index (χ2n) is 10.5. The molecule has 216 valence electrons. The fraction of sp³-hybridized carbons (Fsp3) is 0.370. The Balaban J connectivity index is 1.52. The first-order chi connectivity index (χ1) is 19.5. The zero-order chi connectivity index (χ0) is 29.3. The Kier molecular flexibility index (Phi) is 7.80. The van der Waals surface area contributed by atoms with Crippen molar-refractivity contribution in [2.75, 3.05) is 18.4 Å². The molecule has 4 heterocycles. The number of nitrogens with zero attached hydrogens (tertiary/aromatic N) is 6. The van der Waals surface area contributed by atoms with E-state index in [-0.39, 0.29) is 39.3 Å². The number of fused-ring (bicyclic) bond motifs is 1. The molecule has 11 nitrogen and oxygen atoms in total. The number of amides is 2. The van der Waals surface area contributed by atoms with Crippen LogP contribution in [-0.4, -0.2) is 66.6 Å². The number of halogens is 3. The van der Waals surface area contributed by atoms with Crippen LogP contribution < -0.4 is 10.1 Å². The molecule has 1 unspecified atom stereocenters. The molecule has 4 aromatic rings. The summed E-state index contributed by atoms with van der Waals surface area (Å²) in [7, 11) is 0. The highest BCUT2D eigenvalue weighted by Gasteiger charge is 2.30. The molecule has 0 radical (unpaired) electrons. The van der Waals surface area contributed by atoms with Gasteiger partial charge in [0.2, 0.25) is 0 Å². The van der Waals surface area contributed by atoms with Crippen molar-refractivity contribution in [2.45, 2.75) is 51.9 Å². The number of aromatic nitrogens is 5. The lowest BCUT2D eigenvalue weighted by Gasteiger charge is -2.34. The van der Waals surface area contributed by atoms with E-state index < -0.39 is 24.2 Å². The van der Waals surface area contributed by atoms with Gasteiger partial charge >= 0.3 is 12.7 Å². The summed E-state index contributed by atoms with van der Waals surface area (Å²) in [5.41, 5.74) is 0.430. The summed E-state index contributed by atoms with van der Waals surface area (Å²) in [5, 5.41) is 11.9. The van der Waals surface area contributed by atoms with Crippen LogP contribution in [0.5, 0.6) is 5.75 Å². The number of ether oxygens (including phenoxy) is 2. The van der Waals surface area contributed by atoms with Crippen LogP contribution in [0.3, 0.4) is 0 Å². The maximum Gasteiger partial charge on any atom is 0.410 e. The molecular weight excluding hydrogens is 560 g/mol. The largest absolute Gasteiger partial charge is 0.444 e. The van der Waals surface area contributed by atoms with Gasteiger partial charge in [0.1, 0.15) is 22.6 Å². The molecule has 14 heteroatoms. The summed E-state index contributed by atoms with van der Waals surface area (Å²) in [5.74, 6) is -0.696. The number of hydrogen-bond donors (Lipinski definition) is 1. The maximum atomic E-state index is 13.4. The molecule has 0 saturated carbocycles. The number of rotatable bonds is 6. The monoisotopic (exact) mass is 587 g/mol. The van der Waals surface area contributed by atoms with Crippen molar-refractivity contribution in [3.05, 3.63) is 59.6 Å². The van der Waals surface area contributed by atoms with Crippen LogP contribution in [0.2, 0.25) is 5.02 Å². The van der Waals surface area contributed by atoms with Crippen LogP contribution in [0.4, 0.5) is 19.3 Å². The van der Waals surface area contributed by atoms with E-state index in [2.05, 4.69) is 20.5 Å². The lowest BCUT2D eigenvalue weighted by Crippen LogP contribution is -2.43. The summed E-state index contributed by atoms with van der Waals surface area (Å²) < 4.78 is 39.9. The van der Waals surface area contributed by atoms with Gasteiger partial charge in [-0.25, -0.2) is 14.3 Å². The standard InChI is InChI=1S/C27H28ClF2N7O4/c1-27(2,3)41-26(39)35-10-4-6-17(14-35)37-15-20(33-24(38)19-13-32-36-11-5-9-31-23(19)36)22(34-37)18-12-16(28)7-8-21(18)40-25(29)30/h5,7-9,11-13,15,17,25H,4,6,10,14H2,1-3H3,(H,33,38). The van der Waals surface area contributed by atoms with Gasteiger partial charge in [0.15, 0.2) is 5.65 Å². The molecule has 0 spiro atoms. The second kappa shape index (κ2) is 11.3. The number of likely N-dealkylation sites (tertiary alicyclic amines) is 1. The van der Waals surface area contributed by atoms with E-state index >= 15 is 0 Å². The van der Waals surface area contributed by atoms with Gasteiger partial charge in [-0.1, -0.05) is 11.6 Å². The predicted octanol–water partition coefficient (Wildman–Crippen LogP) is 5.67. The smallest absolute Gasteiger partial charge is 0.410 e. The Morgan fingerprint density at radius 2 is 2.05 bits per heavy atom. The minimum Gasteiger partial charge on any atom is -0.444 e. The molecule has 1 N–H and O–H groups in total. The van der Waals surface area contributed by atoms with Crippen LogP contribution in [0, 0.1) is 0 Å². The SMILES string of the molecule is CC(C)(C)OC(=O)N1CCCC(n2cc(NC(=O)c3cnn4cccnc34)c(-c3cc(Cl)ccc3OC(F)F)n2)C1. The summed E-state index contributed by atoms with van der Waals surface area (Å²) in [6.07, 6.45) is 7.10. The van der Waals surface area contributed by atoms with E-state index in [0.29, 0.717) is 31.6 Å². The minimum atomic E-state index is -3.10. The van der Waals surface area contributed by atoms with E-state index in [1.807, 2.05) is 0 Å². The van der Waals surface area contributed by atoms with Gasteiger partial charge in [-0.05, 0) is 57.9 Å². The quantitative estimate of drug-likeness (QED) is 0.309. The molecule has 3 aromatic heterocycles. The molecule has 1 saturated heterocycles. The molecule has 1 aromatic carbocycles. The molecule has 2 amide bonds. The van der Waals surface area contributed by atoms with E-state index in [4.69, 9.17) is 21.1 Å². The van der Waals surface area contributed by atoms with Crippen LogP contribution >= 0.6 is 11.6 Å². The zero-order valence-electron chi connectivity index (χ0n) is 22.6. The Morgan fingerprint density at radius 3 is 2.80 bits per heavy atom. The van der Waals surface area contributed by atoms with Crippen LogP contribution in [0.15, 0.2) is 49.1 Å². The number of piperidine rings is 1. The third kappa shape index (κ3) is 6.40. The zero-order valence-corrected chi connectivity index (χ0v) is 23.3. The highest BCUT2D eigenvalue weighted by Crippen LogP contribution is 2.38. The van der Waals surface area contributed by atoms with E-state index in [1.54, 1.807) is 48.8 Å². The molecule has 1 aliphatic rings. The van der Waals surface area contributed by atoms with Gasteiger partial charge in [0, 0.05) is 42.3 Å². The first kappa shape index (κ1) is 28.3. The van der Waals surface area contributed by atoms with Crippen LogP contribution in [0.25, 0.3) is 16.9 Å². The Morgan fingerprint density at radius 1 is 1.24 bits per heavy atom. The Bertz CT molecular complexity index is 1580. The van der Waals surface area contributed by atoms with Gasteiger partial charge in [-0.15, -0.1) is 0 Å². The molecule has 1 aliphatic heterocycles. The van der Waals surface area contributed by atoms with Crippen molar-refractivity contribution in [3.63, 3.8) is 0 Å². The normalized spacial score (nSPS) is 15.8. The molecule has 0 aliphatic carbocycles. The number of benzene rings is 1. The maximum absolute atomic E-state index is 13.4. The van der Waals surface area contributed by atoms with E-state index in [1.165, 1.54) is 35.1 Å². The second-order valence-corrected chi connectivity index (χ2v) is 10.9. The van der Waals surface area contributed by atoms with Gasteiger partial charge < -0.3 is 19.7 Å². The van der Waals surface area contributed by atoms with Crippen molar-refractivity contribution >= 4 is 34.9 Å². The molecule has 1 fully saturated rings.